The summed E-state index contributed by atoms with van der Waals surface area (Å²) in [7, 11) is -2.40. The molecular weight excluding hydrogens is 382 g/mol. The largest absolute Gasteiger partial charge is 0.267 e. The van der Waals surface area contributed by atoms with Crippen LogP contribution in [0, 0.1) is 18.3 Å². The lowest BCUT2D eigenvalue weighted by atomic mass is 10.3. The van der Waals surface area contributed by atoms with Crippen molar-refractivity contribution < 1.29 is 8.42 Å². The minimum atomic E-state index is -3.94. The highest BCUT2D eigenvalue weighted by atomic mass is 79.9. The van der Waals surface area contributed by atoms with E-state index in [0.29, 0.717) is 4.47 Å². The predicted octanol–water partition coefficient (Wildman–Crippen LogP) is 2.21. The summed E-state index contributed by atoms with van der Waals surface area (Å²) >= 11 is 9.09. The molecule has 0 aliphatic carbocycles. The van der Waals surface area contributed by atoms with E-state index in [1.165, 1.54) is 23.9 Å². The third kappa shape index (κ3) is 3.02. The number of sulfonamides is 1. The zero-order chi connectivity index (χ0) is 15.8. The van der Waals surface area contributed by atoms with Crippen molar-refractivity contribution >= 4 is 43.4 Å². The van der Waals surface area contributed by atoms with Crippen molar-refractivity contribution in [3.05, 3.63) is 33.1 Å². The smallest absolute Gasteiger partial charge is 0.263 e. The van der Waals surface area contributed by atoms with Gasteiger partial charge >= 0.3 is 0 Å². The molecule has 0 aliphatic heterocycles. The molecule has 0 atom stereocenters. The first-order valence-corrected chi connectivity index (χ1v) is 8.19. The number of anilines is 1. The minimum Gasteiger partial charge on any atom is -0.263 e. The molecule has 0 saturated heterocycles. The molecule has 0 aromatic carbocycles. The topological polar surface area (TPSA) is 101 Å². The van der Waals surface area contributed by atoms with Crippen LogP contribution in [0.2, 0.25) is 5.15 Å². The molecule has 2 heterocycles. The van der Waals surface area contributed by atoms with Crippen LogP contribution in [0.1, 0.15) is 11.3 Å². The van der Waals surface area contributed by atoms with Crippen LogP contribution in [0.25, 0.3) is 0 Å². The maximum Gasteiger partial charge on any atom is 0.267 e. The first-order chi connectivity index (χ1) is 9.76. The maximum atomic E-state index is 12.4. The highest BCUT2D eigenvalue weighted by Gasteiger charge is 2.25. The van der Waals surface area contributed by atoms with Crippen LogP contribution in [0.3, 0.4) is 0 Å². The van der Waals surface area contributed by atoms with E-state index in [-0.39, 0.29) is 27.1 Å². The van der Waals surface area contributed by atoms with E-state index in [1.54, 1.807) is 7.05 Å². The zero-order valence-corrected chi connectivity index (χ0v) is 14.1. The Labute approximate surface area is 134 Å². The van der Waals surface area contributed by atoms with E-state index in [4.69, 9.17) is 16.9 Å². The number of rotatable bonds is 3. The molecule has 0 radical (unpaired) electrons. The molecule has 0 spiro atoms. The first kappa shape index (κ1) is 15.8. The molecule has 0 aliphatic rings. The monoisotopic (exact) mass is 389 g/mol. The Bertz CT molecular complexity index is 856. The molecule has 2 aromatic heterocycles. The van der Waals surface area contributed by atoms with Gasteiger partial charge in [-0.15, -0.1) is 0 Å². The molecule has 0 amide bonds. The van der Waals surface area contributed by atoms with Gasteiger partial charge < -0.3 is 0 Å². The summed E-state index contributed by atoms with van der Waals surface area (Å²) in [6.07, 6.45) is 1.34. The van der Waals surface area contributed by atoms with Gasteiger partial charge in [-0.05, 0) is 22.9 Å². The molecule has 110 valence electrons. The third-order valence-corrected chi connectivity index (χ3v) is 5.27. The lowest BCUT2D eigenvalue weighted by Gasteiger charge is -2.07. The SMILES string of the molecule is Cc1nn(C)c(Cl)c1S(=O)(=O)Nc1cc(C#N)c(Br)cn1. The van der Waals surface area contributed by atoms with Gasteiger partial charge in [-0.2, -0.15) is 10.4 Å². The first-order valence-electron chi connectivity index (χ1n) is 5.54. The summed E-state index contributed by atoms with van der Waals surface area (Å²) in [5.41, 5.74) is 0.532. The number of pyridine rings is 1. The van der Waals surface area contributed by atoms with Gasteiger partial charge in [-0.3, -0.25) is 9.40 Å². The predicted molar refractivity (Wildman–Crippen MR) is 80.4 cm³/mol. The second-order valence-electron chi connectivity index (χ2n) is 4.10. The van der Waals surface area contributed by atoms with Gasteiger partial charge in [0.05, 0.1) is 15.7 Å². The van der Waals surface area contributed by atoms with Crippen molar-refractivity contribution in [2.75, 3.05) is 4.72 Å². The molecule has 1 N–H and O–H groups in total. The summed E-state index contributed by atoms with van der Waals surface area (Å²) in [6, 6.07) is 3.24. The van der Waals surface area contributed by atoms with Crippen molar-refractivity contribution in [2.24, 2.45) is 7.05 Å². The number of hydrogen-bond donors (Lipinski definition) is 1. The molecule has 0 saturated carbocycles. The standard InChI is InChI=1S/C11H9BrClN5O2S/c1-6-10(11(13)18(2)16-6)21(19,20)17-9-3-7(4-14)8(12)5-15-9/h3,5H,1-2H3,(H,15,17). The van der Waals surface area contributed by atoms with Crippen molar-refractivity contribution in [2.45, 2.75) is 11.8 Å². The van der Waals surface area contributed by atoms with Crippen molar-refractivity contribution in [3.8, 4) is 6.07 Å². The maximum absolute atomic E-state index is 12.4. The third-order valence-electron chi connectivity index (χ3n) is 2.58. The van der Waals surface area contributed by atoms with Crippen LogP contribution in [-0.2, 0) is 17.1 Å². The second kappa shape index (κ2) is 5.63. The molecule has 2 aromatic rings. The molecular formula is C11H9BrClN5O2S. The second-order valence-corrected chi connectivity index (χ2v) is 6.93. The van der Waals surface area contributed by atoms with Crippen LogP contribution in [0.15, 0.2) is 21.6 Å². The van der Waals surface area contributed by atoms with Crippen LogP contribution >= 0.6 is 27.5 Å². The Balaban J connectivity index is 2.45. The Morgan fingerprint density at radius 3 is 2.71 bits per heavy atom. The summed E-state index contributed by atoms with van der Waals surface area (Å²) in [5, 5.41) is 12.9. The lowest BCUT2D eigenvalue weighted by Crippen LogP contribution is -2.15. The Kier molecular flexibility index (Phi) is 4.22. The Morgan fingerprint density at radius 2 is 2.19 bits per heavy atom. The number of nitrogens with one attached hydrogen (secondary N) is 1. The van der Waals surface area contributed by atoms with E-state index in [9.17, 15) is 8.42 Å². The quantitative estimate of drug-likeness (QED) is 0.866. The van der Waals surface area contributed by atoms with Gasteiger partial charge in [0.25, 0.3) is 10.0 Å². The minimum absolute atomic E-state index is 0.00221. The number of hydrogen-bond acceptors (Lipinski definition) is 5. The van der Waals surface area contributed by atoms with Gasteiger partial charge in [0.15, 0.2) is 0 Å². The van der Waals surface area contributed by atoms with Crippen LogP contribution in [0.4, 0.5) is 5.82 Å². The fourth-order valence-corrected chi connectivity index (χ4v) is 3.74. The number of aryl methyl sites for hydroxylation is 2. The van der Waals surface area contributed by atoms with Crippen LogP contribution in [0.5, 0.6) is 0 Å². The summed E-state index contributed by atoms with van der Waals surface area (Å²) in [5.74, 6) is 0.0223. The summed E-state index contributed by atoms with van der Waals surface area (Å²) in [4.78, 5) is 3.79. The summed E-state index contributed by atoms with van der Waals surface area (Å²) in [6.45, 7) is 1.54. The number of halogens is 2. The fourth-order valence-electron chi connectivity index (χ4n) is 1.68. The Morgan fingerprint density at radius 1 is 1.52 bits per heavy atom. The van der Waals surface area contributed by atoms with Crippen molar-refractivity contribution in [3.63, 3.8) is 0 Å². The number of aromatic nitrogens is 3. The van der Waals surface area contributed by atoms with Crippen molar-refractivity contribution in [1.82, 2.24) is 14.8 Å². The molecule has 2 rings (SSSR count). The van der Waals surface area contributed by atoms with E-state index >= 15 is 0 Å². The van der Waals surface area contributed by atoms with E-state index in [1.807, 2.05) is 6.07 Å². The van der Waals surface area contributed by atoms with Gasteiger partial charge in [0, 0.05) is 19.3 Å². The average Bonchev–Trinajstić information content (AvgIpc) is 2.65. The molecule has 0 unspecified atom stereocenters. The molecule has 0 fully saturated rings. The molecule has 10 heteroatoms. The van der Waals surface area contributed by atoms with Gasteiger partial charge in [-0.1, -0.05) is 11.6 Å². The fraction of sp³-hybridized carbons (Fsp3) is 0.182. The zero-order valence-electron chi connectivity index (χ0n) is 10.9. The normalized spacial score (nSPS) is 11.2. The van der Waals surface area contributed by atoms with E-state index < -0.39 is 10.0 Å². The Hall–Kier alpha value is -1.63. The number of nitrogens with zero attached hydrogens (tertiary/aromatic N) is 4. The van der Waals surface area contributed by atoms with Gasteiger partial charge in [0.2, 0.25) is 0 Å². The molecule has 0 bridgehead atoms. The van der Waals surface area contributed by atoms with Crippen LogP contribution in [-0.4, -0.2) is 23.2 Å². The molecule has 21 heavy (non-hydrogen) atoms. The molecule has 7 nitrogen and oxygen atoms in total. The highest BCUT2D eigenvalue weighted by molar-refractivity contribution is 9.10. The summed E-state index contributed by atoms with van der Waals surface area (Å²) < 4.78 is 28.7. The van der Waals surface area contributed by atoms with Gasteiger partial charge in [0.1, 0.15) is 21.9 Å². The average molecular weight is 391 g/mol. The van der Waals surface area contributed by atoms with Crippen LogP contribution < -0.4 is 4.72 Å². The van der Waals surface area contributed by atoms with E-state index in [2.05, 4.69) is 30.7 Å². The van der Waals surface area contributed by atoms with Gasteiger partial charge in [-0.25, -0.2) is 13.4 Å². The van der Waals surface area contributed by atoms with Crippen molar-refractivity contribution in [1.29, 1.82) is 5.26 Å². The number of nitriles is 1. The van der Waals surface area contributed by atoms with E-state index in [0.717, 1.165) is 0 Å². The lowest BCUT2D eigenvalue weighted by molar-refractivity contribution is 0.600. The highest BCUT2D eigenvalue weighted by Crippen LogP contribution is 2.26.